The number of anilines is 1. The van der Waals surface area contributed by atoms with Crippen LogP contribution >= 0.6 is 0 Å². The molecule has 0 saturated carbocycles. The molecule has 1 N–H and O–H groups in total. The first-order valence-electron chi connectivity index (χ1n) is 9.82. The first kappa shape index (κ1) is 19.6. The second-order valence-corrected chi connectivity index (χ2v) is 7.11. The molecule has 0 bridgehead atoms. The summed E-state index contributed by atoms with van der Waals surface area (Å²) in [5.41, 5.74) is 4.82. The summed E-state index contributed by atoms with van der Waals surface area (Å²) in [5.74, 6) is 1.14. The maximum absolute atomic E-state index is 12.3. The third-order valence-corrected chi connectivity index (χ3v) is 5.02. The topological polar surface area (TPSA) is 86.3 Å². The fourth-order valence-electron chi connectivity index (χ4n) is 3.32. The van der Waals surface area contributed by atoms with Gasteiger partial charge in [-0.1, -0.05) is 18.2 Å². The SMILES string of the molecule is CCOC(=O)c1cc(NCc2cccc(-c3nccn3C)c2)n2nc(C)c(C)c2n1. The second kappa shape index (κ2) is 7.98. The molecule has 0 fully saturated rings. The summed E-state index contributed by atoms with van der Waals surface area (Å²) in [7, 11) is 1.97. The maximum atomic E-state index is 12.3. The zero-order valence-electron chi connectivity index (χ0n) is 17.5. The summed E-state index contributed by atoms with van der Waals surface area (Å²) in [5, 5.41) is 7.96. The lowest BCUT2D eigenvalue weighted by atomic mass is 10.1. The molecular weight excluding hydrogens is 380 g/mol. The number of fused-ring (bicyclic) bond motifs is 1. The van der Waals surface area contributed by atoms with E-state index in [2.05, 4.69) is 26.4 Å². The van der Waals surface area contributed by atoms with Crippen LogP contribution in [0.15, 0.2) is 42.7 Å². The largest absolute Gasteiger partial charge is 0.461 e. The van der Waals surface area contributed by atoms with Crippen LogP contribution in [0, 0.1) is 13.8 Å². The summed E-state index contributed by atoms with van der Waals surface area (Å²) in [6, 6.07) is 9.87. The number of carbonyl (C=O) groups excluding carboxylic acids is 1. The Kier molecular flexibility index (Phi) is 5.22. The molecule has 0 spiro atoms. The Bertz CT molecular complexity index is 1220. The van der Waals surface area contributed by atoms with Gasteiger partial charge in [0, 0.05) is 43.2 Å². The summed E-state index contributed by atoms with van der Waals surface area (Å²) >= 11 is 0. The average molecular weight is 404 g/mol. The molecule has 8 nitrogen and oxygen atoms in total. The number of rotatable bonds is 6. The lowest BCUT2D eigenvalue weighted by molar-refractivity contribution is 0.0519. The van der Waals surface area contributed by atoms with Gasteiger partial charge >= 0.3 is 5.97 Å². The van der Waals surface area contributed by atoms with Crippen molar-refractivity contribution < 1.29 is 9.53 Å². The van der Waals surface area contributed by atoms with Gasteiger partial charge in [-0.05, 0) is 32.4 Å². The molecule has 8 heteroatoms. The summed E-state index contributed by atoms with van der Waals surface area (Å²) in [6.45, 7) is 6.50. The number of aryl methyl sites for hydroxylation is 3. The van der Waals surface area contributed by atoms with E-state index in [1.807, 2.05) is 49.9 Å². The van der Waals surface area contributed by atoms with E-state index in [9.17, 15) is 4.79 Å². The molecule has 0 atom stereocenters. The maximum Gasteiger partial charge on any atom is 0.357 e. The monoisotopic (exact) mass is 404 g/mol. The Balaban J connectivity index is 1.66. The van der Waals surface area contributed by atoms with Crippen LogP contribution in [-0.2, 0) is 18.3 Å². The number of ether oxygens (including phenoxy) is 1. The van der Waals surface area contributed by atoms with Gasteiger partial charge in [-0.2, -0.15) is 9.61 Å². The molecule has 154 valence electrons. The fourth-order valence-corrected chi connectivity index (χ4v) is 3.32. The number of imidazole rings is 1. The highest BCUT2D eigenvalue weighted by atomic mass is 16.5. The summed E-state index contributed by atoms with van der Waals surface area (Å²) in [6.07, 6.45) is 3.71. The molecule has 3 heterocycles. The van der Waals surface area contributed by atoms with Crippen LogP contribution in [-0.4, -0.2) is 36.7 Å². The highest BCUT2D eigenvalue weighted by Crippen LogP contribution is 2.21. The van der Waals surface area contributed by atoms with Gasteiger partial charge in [0.25, 0.3) is 0 Å². The predicted octanol–water partition coefficient (Wildman–Crippen LogP) is 3.54. The van der Waals surface area contributed by atoms with Gasteiger partial charge in [-0.3, -0.25) is 0 Å². The van der Waals surface area contributed by atoms with Crippen molar-refractivity contribution in [2.24, 2.45) is 7.05 Å². The summed E-state index contributed by atoms with van der Waals surface area (Å²) in [4.78, 5) is 21.2. The zero-order valence-corrected chi connectivity index (χ0v) is 17.5. The zero-order chi connectivity index (χ0) is 21.3. The van der Waals surface area contributed by atoms with E-state index in [4.69, 9.17) is 4.74 Å². The Morgan fingerprint density at radius 3 is 2.80 bits per heavy atom. The molecule has 1 aromatic carbocycles. The van der Waals surface area contributed by atoms with Gasteiger partial charge < -0.3 is 14.6 Å². The minimum atomic E-state index is -0.446. The van der Waals surface area contributed by atoms with Gasteiger partial charge in [0.15, 0.2) is 11.3 Å². The van der Waals surface area contributed by atoms with Crippen LogP contribution in [0.1, 0.15) is 34.2 Å². The molecule has 0 radical (unpaired) electrons. The first-order valence-corrected chi connectivity index (χ1v) is 9.82. The van der Waals surface area contributed by atoms with Crippen LogP contribution in [0.25, 0.3) is 17.0 Å². The molecule has 0 aliphatic rings. The van der Waals surface area contributed by atoms with Gasteiger partial charge in [0.2, 0.25) is 0 Å². The highest BCUT2D eigenvalue weighted by molar-refractivity contribution is 5.89. The second-order valence-electron chi connectivity index (χ2n) is 7.11. The first-order chi connectivity index (χ1) is 14.5. The molecule has 0 amide bonds. The molecule has 4 aromatic rings. The molecule has 30 heavy (non-hydrogen) atoms. The van der Waals surface area contributed by atoms with Crippen molar-refractivity contribution in [3.63, 3.8) is 0 Å². The number of hydrogen-bond acceptors (Lipinski definition) is 6. The van der Waals surface area contributed by atoms with Crippen molar-refractivity contribution in [1.29, 1.82) is 0 Å². The van der Waals surface area contributed by atoms with E-state index >= 15 is 0 Å². The Labute approximate surface area is 174 Å². The number of esters is 1. The molecule has 4 rings (SSSR count). The molecule has 0 unspecified atom stereocenters. The number of nitrogens with zero attached hydrogens (tertiary/aromatic N) is 5. The van der Waals surface area contributed by atoms with E-state index in [1.165, 1.54) is 0 Å². The fraction of sp³-hybridized carbons (Fsp3) is 0.273. The standard InChI is InChI=1S/C22H24N6O2/c1-5-30-22(29)18-12-19(28-20(25-18)14(2)15(3)26-28)24-13-16-7-6-8-17(11-16)21-23-9-10-27(21)4/h6-12,24H,5,13H2,1-4H3. The van der Waals surface area contributed by atoms with Crippen LogP contribution in [0.4, 0.5) is 5.82 Å². The Morgan fingerprint density at radius 2 is 2.07 bits per heavy atom. The van der Waals surface area contributed by atoms with E-state index in [1.54, 1.807) is 23.7 Å². The van der Waals surface area contributed by atoms with Crippen LogP contribution in [0.5, 0.6) is 0 Å². The number of hydrogen-bond donors (Lipinski definition) is 1. The number of aromatic nitrogens is 5. The normalized spacial score (nSPS) is 11.1. The lowest BCUT2D eigenvalue weighted by Gasteiger charge is -2.11. The van der Waals surface area contributed by atoms with Crippen molar-refractivity contribution in [2.75, 3.05) is 11.9 Å². The van der Waals surface area contributed by atoms with Crippen LogP contribution < -0.4 is 5.32 Å². The number of benzene rings is 1. The molecule has 3 aromatic heterocycles. The quantitative estimate of drug-likeness (QED) is 0.495. The highest BCUT2D eigenvalue weighted by Gasteiger charge is 2.17. The third kappa shape index (κ3) is 3.63. The number of carbonyl (C=O) groups is 1. The Hall–Kier alpha value is -3.68. The number of nitrogens with one attached hydrogen (secondary N) is 1. The van der Waals surface area contributed by atoms with Crippen molar-refractivity contribution in [2.45, 2.75) is 27.3 Å². The minimum absolute atomic E-state index is 0.261. The predicted molar refractivity (Wildman–Crippen MR) is 114 cm³/mol. The molecular formula is C22H24N6O2. The smallest absolute Gasteiger partial charge is 0.357 e. The molecule has 0 saturated heterocycles. The van der Waals surface area contributed by atoms with Crippen molar-refractivity contribution >= 4 is 17.4 Å². The summed E-state index contributed by atoms with van der Waals surface area (Å²) < 4.78 is 8.86. The lowest BCUT2D eigenvalue weighted by Crippen LogP contribution is -2.12. The third-order valence-electron chi connectivity index (χ3n) is 5.02. The van der Waals surface area contributed by atoms with Gasteiger partial charge in [-0.25, -0.2) is 14.8 Å². The van der Waals surface area contributed by atoms with E-state index < -0.39 is 5.97 Å². The van der Waals surface area contributed by atoms with E-state index in [0.29, 0.717) is 24.6 Å². The molecule has 0 aliphatic carbocycles. The van der Waals surface area contributed by atoms with Crippen molar-refractivity contribution in [3.8, 4) is 11.4 Å². The minimum Gasteiger partial charge on any atom is -0.461 e. The van der Waals surface area contributed by atoms with Gasteiger partial charge in [0.1, 0.15) is 11.6 Å². The van der Waals surface area contributed by atoms with Crippen molar-refractivity contribution in [3.05, 3.63) is 65.2 Å². The van der Waals surface area contributed by atoms with E-state index in [-0.39, 0.29) is 5.69 Å². The van der Waals surface area contributed by atoms with E-state index in [0.717, 1.165) is 28.2 Å². The average Bonchev–Trinajstić information content (AvgIpc) is 3.30. The molecule has 0 aliphatic heterocycles. The van der Waals surface area contributed by atoms with Crippen molar-refractivity contribution in [1.82, 2.24) is 24.1 Å². The van der Waals surface area contributed by atoms with Crippen LogP contribution in [0.3, 0.4) is 0 Å². The van der Waals surface area contributed by atoms with Crippen LogP contribution in [0.2, 0.25) is 0 Å². The Morgan fingerprint density at radius 1 is 1.23 bits per heavy atom. The van der Waals surface area contributed by atoms with Gasteiger partial charge in [-0.15, -0.1) is 0 Å². The van der Waals surface area contributed by atoms with Gasteiger partial charge in [0.05, 0.1) is 12.3 Å².